The molecule has 0 aliphatic rings. The summed E-state index contributed by atoms with van der Waals surface area (Å²) in [4.78, 5) is 24.3. The Hall–Kier alpha value is -4.31. The molecule has 0 atom stereocenters. The second-order valence-electron chi connectivity index (χ2n) is 6.32. The fraction of sp³-hybridized carbons (Fsp3) is 0.125. The molecular formula is C24H20N2O5. The van der Waals surface area contributed by atoms with Crippen molar-refractivity contribution < 1.29 is 23.5 Å². The van der Waals surface area contributed by atoms with Crippen LogP contribution < -0.4 is 10.1 Å². The van der Waals surface area contributed by atoms with E-state index < -0.39 is 11.9 Å². The topological polar surface area (TPSA) is 102 Å². The van der Waals surface area contributed by atoms with Crippen LogP contribution in [0.4, 0.5) is 5.69 Å². The highest BCUT2D eigenvalue weighted by Gasteiger charge is 2.14. The number of hydrogen-bond donors (Lipinski definition) is 1. The first-order valence-electron chi connectivity index (χ1n) is 9.49. The van der Waals surface area contributed by atoms with Crippen molar-refractivity contribution in [3.8, 4) is 23.1 Å². The van der Waals surface area contributed by atoms with Gasteiger partial charge in [0.1, 0.15) is 28.9 Å². The molecule has 0 saturated carbocycles. The Morgan fingerprint density at radius 2 is 1.84 bits per heavy atom. The molecule has 1 heterocycles. The zero-order valence-corrected chi connectivity index (χ0v) is 17.0. The molecule has 1 N–H and O–H groups in total. The lowest BCUT2D eigenvalue weighted by Gasteiger charge is -2.08. The number of carbonyl (C=O) groups excluding carboxylic acids is 2. The number of rotatable bonds is 7. The summed E-state index contributed by atoms with van der Waals surface area (Å²) in [5.41, 5.74) is 1.52. The quantitative estimate of drug-likeness (QED) is 0.341. The maximum absolute atomic E-state index is 12.5. The van der Waals surface area contributed by atoms with Gasteiger partial charge < -0.3 is 19.2 Å². The summed E-state index contributed by atoms with van der Waals surface area (Å²) in [6, 6.07) is 18.9. The Balaban J connectivity index is 1.77. The van der Waals surface area contributed by atoms with Crippen LogP contribution >= 0.6 is 0 Å². The first-order valence-corrected chi connectivity index (χ1v) is 9.49. The van der Waals surface area contributed by atoms with Crippen LogP contribution in [0.1, 0.15) is 23.0 Å². The second-order valence-corrected chi connectivity index (χ2v) is 6.32. The number of benzene rings is 2. The molecule has 7 nitrogen and oxygen atoms in total. The SMILES string of the molecule is CCOC(=O)c1ccc(-c2ccc(/C=C(\C#N)C(=O)Nc3ccccc3OC)o2)cc1. The molecule has 0 fully saturated rings. The van der Waals surface area contributed by atoms with Crippen molar-refractivity contribution in [1.82, 2.24) is 0 Å². The van der Waals surface area contributed by atoms with Crippen molar-refractivity contribution in [2.75, 3.05) is 19.0 Å². The van der Waals surface area contributed by atoms with Crippen molar-refractivity contribution in [3.63, 3.8) is 0 Å². The number of nitrogens with zero attached hydrogens (tertiary/aromatic N) is 1. The molecule has 0 saturated heterocycles. The Morgan fingerprint density at radius 3 is 2.52 bits per heavy atom. The highest BCUT2D eigenvalue weighted by atomic mass is 16.5. The number of methoxy groups -OCH3 is 1. The number of nitrogens with one attached hydrogen (secondary N) is 1. The number of hydrogen-bond acceptors (Lipinski definition) is 6. The van der Waals surface area contributed by atoms with Gasteiger partial charge in [-0.15, -0.1) is 0 Å². The van der Waals surface area contributed by atoms with E-state index in [2.05, 4.69) is 5.32 Å². The fourth-order valence-electron chi connectivity index (χ4n) is 2.80. The van der Waals surface area contributed by atoms with Crippen LogP contribution in [0.2, 0.25) is 0 Å². The first-order chi connectivity index (χ1) is 15.0. The van der Waals surface area contributed by atoms with Crippen LogP contribution in [-0.4, -0.2) is 25.6 Å². The molecule has 0 aliphatic heterocycles. The van der Waals surface area contributed by atoms with E-state index in [1.807, 2.05) is 6.07 Å². The van der Waals surface area contributed by atoms with Gasteiger partial charge in [0, 0.05) is 11.6 Å². The molecule has 2 aromatic carbocycles. The summed E-state index contributed by atoms with van der Waals surface area (Å²) in [5.74, 6) is 0.389. The zero-order valence-electron chi connectivity index (χ0n) is 17.0. The van der Waals surface area contributed by atoms with E-state index in [4.69, 9.17) is 13.9 Å². The summed E-state index contributed by atoms with van der Waals surface area (Å²) in [7, 11) is 1.50. The van der Waals surface area contributed by atoms with Gasteiger partial charge in [-0.3, -0.25) is 4.79 Å². The Morgan fingerprint density at radius 1 is 1.10 bits per heavy atom. The third-order valence-electron chi connectivity index (χ3n) is 4.31. The van der Waals surface area contributed by atoms with E-state index in [0.29, 0.717) is 35.1 Å². The largest absolute Gasteiger partial charge is 0.495 e. The summed E-state index contributed by atoms with van der Waals surface area (Å²) >= 11 is 0. The minimum atomic E-state index is -0.580. The lowest BCUT2D eigenvalue weighted by molar-refractivity contribution is -0.112. The Labute approximate surface area is 179 Å². The van der Waals surface area contributed by atoms with Crippen molar-refractivity contribution in [2.24, 2.45) is 0 Å². The Bertz CT molecular complexity index is 1150. The predicted octanol–water partition coefficient (Wildman–Crippen LogP) is 4.68. The summed E-state index contributed by atoms with van der Waals surface area (Å²) in [5, 5.41) is 12.1. The maximum atomic E-state index is 12.5. The highest BCUT2D eigenvalue weighted by Crippen LogP contribution is 2.26. The maximum Gasteiger partial charge on any atom is 0.338 e. The highest BCUT2D eigenvalue weighted by molar-refractivity contribution is 6.10. The van der Waals surface area contributed by atoms with Gasteiger partial charge >= 0.3 is 5.97 Å². The minimum Gasteiger partial charge on any atom is -0.495 e. The molecule has 0 radical (unpaired) electrons. The third kappa shape index (κ3) is 5.19. The van der Waals surface area contributed by atoms with E-state index in [0.717, 1.165) is 5.56 Å². The van der Waals surface area contributed by atoms with Gasteiger partial charge in [-0.1, -0.05) is 24.3 Å². The number of para-hydroxylation sites is 2. The first kappa shape index (κ1) is 21.4. The molecule has 3 rings (SSSR count). The van der Waals surface area contributed by atoms with Crippen LogP contribution in [0.25, 0.3) is 17.4 Å². The molecule has 1 aromatic heterocycles. The number of esters is 1. The summed E-state index contributed by atoms with van der Waals surface area (Å²) in [6.45, 7) is 2.05. The number of amides is 1. The van der Waals surface area contributed by atoms with Gasteiger partial charge in [-0.05, 0) is 43.3 Å². The molecule has 3 aromatic rings. The molecule has 7 heteroatoms. The number of ether oxygens (including phenoxy) is 2. The van der Waals surface area contributed by atoms with Crippen LogP contribution in [0, 0.1) is 11.3 Å². The van der Waals surface area contributed by atoms with Gasteiger partial charge in [-0.25, -0.2) is 4.79 Å². The van der Waals surface area contributed by atoms with Crippen molar-refractivity contribution in [3.05, 3.63) is 77.6 Å². The van der Waals surface area contributed by atoms with Gasteiger partial charge in [0.05, 0.1) is 25.0 Å². The monoisotopic (exact) mass is 416 g/mol. The predicted molar refractivity (Wildman–Crippen MR) is 115 cm³/mol. The molecule has 0 unspecified atom stereocenters. The van der Waals surface area contributed by atoms with E-state index in [-0.39, 0.29) is 5.57 Å². The molecule has 0 bridgehead atoms. The van der Waals surface area contributed by atoms with Crippen molar-refractivity contribution in [2.45, 2.75) is 6.92 Å². The average Bonchev–Trinajstić information content (AvgIpc) is 3.26. The zero-order chi connectivity index (χ0) is 22.2. The van der Waals surface area contributed by atoms with E-state index in [1.165, 1.54) is 13.2 Å². The van der Waals surface area contributed by atoms with Crippen LogP contribution in [0.3, 0.4) is 0 Å². The van der Waals surface area contributed by atoms with Crippen molar-refractivity contribution >= 4 is 23.6 Å². The standard InChI is InChI=1S/C24H20N2O5/c1-3-30-24(28)17-10-8-16(9-11-17)21-13-12-19(31-21)14-18(15-25)23(27)26-20-6-4-5-7-22(20)29-2/h4-14H,3H2,1-2H3,(H,26,27)/b18-14+. The molecule has 31 heavy (non-hydrogen) atoms. The number of nitriles is 1. The second kappa shape index (κ2) is 9.94. The fourth-order valence-corrected chi connectivity index (χ4v) is 2.80. The molecular weight excluding hydrogens is 396 g/mol. The third-order valence-corrected chi connectivity index (χ3v) is 4.31. The number of carbonyl (C=O) groups is 2. The minimum absolute atomic E-state index is 0.121. The average molecular weight is 416 g/mol. The van der Waals surface area contributed by atoms with E-state index in [1.54, 1.807) is 67.6 Å². The number of anilines is 1. The van der Waals surface area contributed by atoms with Crippen LogP contribution in [-0.2, 0) is 9.53 Å². The molecule has 1 amide bonds. The van der Waals surface area contributed by atoms with Crippen LogP contribution in [0.5, 0.6) is 5.75 Å². The number of furan rings is 1. The molecule has 0 aliphatic carbocycles. The van der Waals surface area contributed by atoms with Gasteiger partial charge in [0.25, 0.3) is 5.91 Å². The van der Waals surface area contributed by atoms with E-state index in [9.17, 15) is 14.9 Å². The van der Waals surface area contributed by atoms with E-state index >= 15 is 0 Å². The van der Waals surface area contributed by atoms with Crippen LogP contribution in [0.15, 0.2) is 70.7 Å². The van der Waals surface area contributed by atoms with Gasteiger partial charge in [0.2, 0.25) is 0 Å². The smallest absolute Gasteiger partial charge is 0.338 e. The summed E-state index contributed by atoms with van der Waals surface area (Å²) < 4.78 is 15.9. The van der Waals surface area contributed by atoms with Gasteiger partial charge in [-0.2, -0.15) is 5.26 Å². The lowest BCUT2D eigenvalue weighted by Crippen LogP contribution is -2.14. The van der Waals surface area contributed by atoms with Gasteiger partial charge in [0.15, 0.2) is 0 Å². The summed E-state index contributed by atoms with van der Waals surface area (Å²) in [6.07, 6.45) is 1.36. The normalized spacial score (nSPS) is 10.8. The van der Waals surface area contributed by atoms with Crippen molar-refractivity contribution in [1.29, 1.82) is 5.26 Å². The molecule has 156 valence electrons. The molecule has 0 spiro atoms. The Kier molecular flexibility index (Phi) is 6.86. The lowest BCUT2D eigenvalue weighted by atomic mass is 10.1.